The van der Waals surface area contributed by atoms with E-state index in [0.717, 1.165) is 0 Å². The van der Waals surface area contributed by atoms with Gasteiger partial charge >= 0.3 is 6.36 Å². The Kier molecular flexibility index (Phi) is 6.60. The van der Waals surface area contributed by atoms with Gasteiger partial charge in [0, 0.05) is 7.05 Å². The zero-order valence-corrected chi connectivity index (χ0v) is 14.2. The number of hydrogen-bond donors (Lipinski definition) is 2. The summed E-state index contributed by atoms with van der Waals surface area (Å²) in [7, 11) is 1.69. The molecule has 2 aromatic rings. The Hall–Kier alpha value is -2.05. The Balaban J connectivity index is 0.00000264. The van der Waals surface area contributed by atoms with Crippen molar-refractivity contribution >= 4 is 35.6 Å². The number of hydrogen-bond acceptors (Lipinski definition) is 4. The van der Waals surface area contributed by atoms with Crippen LogP contribution in [0.3, 0.4) is 0 Å². The highest BCUT2D eigenvalue weighted by atomic mass is 127. The molecule has 1 heterocycles. The second-order valence-electron chi connectivity index (χ2n) is 4.17. The van der Waals surface area contributed by atoms with E-state index >= 15 is 0 Å². The number of benzene rings is 1. The monoisotopic (exact) mass is 442 g/mol. The SMILES string of the molecule is Cn1ncnc1CN=C(N)Nc1ccccc1OC(F)(F)F.I. The lowest BCUT2D eigenvalue weighted by molar-refractivity contribution is -0.274. The molecule has 0 saturated heterocycles. The van der Waals surface area contributed by atoms with Gasteiger partial charge < -0.3 is 15.8 Å². The number of para-hydroxylation sites is 2. The molecule has 0 aliphatic heterocycles. The van der Waals surface area contributed by atoms with Crippen LogP contribution in [-0.4, -0.2) is 27.1 Å². The molecule has 0 bridgehead atoms. The first-order valence-electron chi connectivity index (χ1n) is 6.10. The molecule has 2 rings (SSSR count). The van der Waals surface area contributed by atoms with Crippen LogP contribution in [0, 0.1) is 0 Å². The van der Waals surface area contributed by atoms with Crippen molar-refractivity contribution in [2.45, 2.75) is 12.9 Å². The first-order chi connectivity index (χ1) is 10.3. The fraction of sp³-hybridized carbons (Fsp3) is 0.250. The standard InChI is InChI=1S/C12H13F3N6O.HI/c1-21-10(18-7-19-21)6-17-11(16)20-8-4-2-3-5-9(8)22-12(13,14)15;/h2-5,7H,6H2,1H3,(H3,16,17,20);1H. The van der Waals surface area contributed by atoms with E-state index in [9.17, 15) is 13.2 Å². The Bertz CT molecular complexity index is 673. The molecule has 0 radical (unpaired) electrons. The first kappa shape index (κ1) is 19.0. The van der Waals surface area contributed by atoms with Gasteiger partial charge in [-0.1, -0.05) is 12.1 Å². The van der Waals surface area contributed by atoms with Crippen LogP contribution in [0.1, 0.15) is 5.82 Å². The number of ether oxygens (including phenoxy) is 1. The number of nitrogens with zero attached hydrogens (tertiary/aromatic N) is 4. The van der Waals surface area contributed by atoms with Crippen molar-refractivity contribution in [2.75, 3.05) is 5.32 Å². The van der Waals surface area contributed by atoms with Crippen LogP contribution in [-0.2, 0) is 13.6 Å². The fourth-order valence-corrected chi connectivity index (χ4v) is 1.58. The predicted molar refractivity (Wildman–Crippen MR) is 88.5 cm³/mol. The molecule has 3 N–H and O–H groups in total. The van der Waals surface area contributed by atoms with Crippen LogP contribution in [0.15, 0.2) is 35.6 Å². The zero-order chi connectivity index (χ0) is 16.2. The third-order valence-corrected chi connectivity index (χ3v) is 2.57. The van der Waals surface area contributed by atoms with Crippen molar-refractivity contribution in [3.8, 4) is 5.75 Å². The second-order valence-corrected chi connectivity index (χ2v) is 4.17. The highest BCUT2D eigenvalue weighted by Gasteiger charge is 2.32. The molecular weight excluding hydrogens is 428 g/mol. The van der Waals surface area contributed by atoms with Crippen molar-refractivity contribution in [1.29, 1.82) is 0 Å². The second kappa shape index (κ2) is 7.99. The number of aliphatic imine (C=N–C) groups is 1. The van der Waals surface area contributed by atoms with Crippen molar-refractivity contribution in [2.24, 2.45) is 17.8 Å². The lowest BCUT2D eigenvalue weighted by Crippen LogP contribution is -2.24. The van der Waals surface area contributed by atoms with Gasteiger partial charge in [0.15, 0.2) is 11.7 Å². The van der Waals surface area contributed by atoms with Gasteiger partial charge in [0.2, 0.25) is 0 Å². The molecule has 11 heteroatoms. The van der Waals surface area contributed by atoms with Gasteiger partial charge in [0.05, 0.1) is 5.69 Å². The molecule has 126 valence electrons. The Morgan fingerprint density at radius 1 is 1.39 bits per heavy atom. The average molecular weight is 442 g/mol. The van der Waals surface area contributed by atoms with Crippen LogP contribution in [0.5, 0.6) is 5.75 Å². The minimum Gasteiger partial charge on any atom is -0.404 e. The number of alkyl halides is 3. The molecule has 0 amide bonds. The molecule has 0 aliphatic carbocycles. The number of aromatic nitrogens is 3. The molecule has 0 unspecified atom stereocenters. The Morgan fingerprint density at radius 3 is 2.70 bits per heavy atom. The summed E-state index contributed by atoms with van der Waals surface area (Å²) in [6.07, 6.45) is -3.43. The summed E-state index contributed by atoms with van der Waals surface area (Å²) in [4.78, 5) is 7.93. The summed E-state index contributed by atoms with van der Waals surface area (Å²) >= 11 is 0. The minimum atomic E-state index is -4.79. The van der Waals surface area contributed by atoms with Gasteiger partial charge in [-0.25, -0.2) is 9.98 Å². The van der Waals surface area contributed by atoms with Crippen LogP contribution in [0.2, 0.25) is 0 Å². The topological polar surface area (TPSA) is 90.4 Å². The number of anilines is 1. The van der Waals surface area contributed by atoms with E-state index in [1.165, 1.54) is 29.2 Å². The maximum atomic E-state index is 12.3. The number of nitrogens with two attached hydrogens (primary N) is 1. The molecule has 1 aromatic heterocycles. The van der Waals surface area contributed by atoms with Crippen molar-refractivity contribution in [3.05, 3.63) is 36.4 Å². The van der Waals surface area contributed by atoms with Crippen molar-refractivity contribution in [3.63, 3.8) is 0 Å². The average Bonchev–Trinajstić information content (AvgIpc) is 2.83. The Labute approximate surface area is 146 Å². The number of guanidine groups is 1. The molecule has 0 saturated carbocycles. The van der Waals surface area contributed by atoms with E-state index in [0.29, 0.717) is 5.82 Å². The quantitative estimate of drug-likeness (QED) is 0.431. The van der Waals surface area contributed by atoms with E-state index in [4.69, 9.17) is 5.73 Å². The highest BCUT2D eigenvalue weighted by Crippen LogP contribution is 2.29. The van der Waals surface area contributed by atoms with E-state index in [-0.39, 0.29) is 42.2 Å². The molecular formula is C12H14F3IN6O. The van der Waals surface area contributed by atoms with Gasteiger partial charge in [-0.05, 0) is 12.1 Å². The van der Waals surface area contributed by atoms with E-state index in [2.05, 4.69) is 25.1 Å². The van der Waals surface area contributed by atoms with Gasteiger partial charge in [-0.2, -0.15) is 5.10 Å². The lowest BCUT2D eigenvalue weighted by Gasteiger charge is -2.14. The molecule has 0 atom stereocenters. The van der Waals surface area contributed by atoms with E-state index < -0.39 is 12.1 Å². The fourth-order valence-electron chi connectivity index (χ4n) is 1.58. The normalized spacial score (nSPS) is 11.7. The molecule has 1 aromatic carbocycles. The zero-order valence-electron chi connectivity index (χ0n) is 11.9. The van der Waals surface area contributed by atoms with Gasteiger partial charge in [0.1, 0.15) is 18.7 Å². The van der Waals surface area contributed by atoms with E-state index in [1.807, 2.05) is 0 Å². The highest BCUT2D eigenvalue weighted by molar-refractivity contribution is 14.0. The summed E-state index contributed by atoms with van der Waals surface area (Å²) in [6.45, 7) is 0.137. The maximum absolute atomic E-state index is 12.3. The first-order valence-corrected chi connectivity index (χ1v) is 6.10. The number of rotatable bonds is 4. The summed E-state index contributed by atoms with van der Waals surface area (Å²) in [5.74, 6) is 0.0950. The molecule has 0 aliphatic rings. The van der Waals surface area contributed by atoms with Gasteiger partial charge in [-0.3, -0.25) is 4.68 Å². The maximum Gasteiger partial charge on any atom is 0.573 e. The number of aryl methyl sites for hydroxylation is 1. The van der Waals surface area contributed by atoms with Crippen LogP contribution in [0.4, 0.5) is 18.9 Å². The number of halogens is 4. The van der Waals surface area contributed by atoms with E-state index in [1.54, 1.807) is 13.1 Å². The van der Waals surface area contributed by atoms with Crippen molar-refractivity contribution < 1.29 is 17.9 Å². The molecule has 7 nitrogen and oxygen atoms in total. The summed E-state index contributed by atoms with van der Waals surface area (Å²) in [5, 5.41) is 6.42. The molecule has 0 spiro atoms. The van der Waals surface area contributed by atoms with Gasteiger partial charge in [0.25, 0.3) is 0 Å². The summed E-state index contributed by atoms with van der Waals surface area (Å²) in [5.41, 5.74) is 5.70. The third kappa shape index (κ3) is 5.92. The third-order valence-electron chi connectivity index (χ3n) is 2.57. The van der Waals surface area contributed by atoms with Crippen molar-refractivity contribution in [1.82, 2.24) is 14.8 Å². The van der Waals surface area contributed by atoms with Crippen LogP contribution in [0.25, 0.3) is 0 Å². The summed E-state index contributed by atoms with van der Waals surface area (Å²) in [6, 6.07) is 5.53. The molecule has 23 heavy (non-hydrogen) atoms. The predicted octanol–water partition coefficient (Wildman–Crippen LogP) is 2.26. The molecule has 0 fully saturated rings. The lowest BCUT2D eigenvalue weighted by atomic mass is 10.3. The number of nitrogens with one attached hydrogen (secondary N) is 1. The Morgan fingerprint density at radius 2 is 2.09 bits per heavy atom. The smallest absolute Gasteiger partial charge is 0.404 e. The van der Waals surface area contributed by atoms with Crippen LogP contribution >= 0.6 is 24.0 Å². The summed E-state index contributed by atoms with van der Waals surface area (Å²) < 4.78 is 42.3. The van der Waals surface area contributed by atoms with Gasteiger partial charge in [-0.15, -0.1) is 37.1 Å². The van der Waals surface area contributed by atoms with Crippen LogP contribution < -0.4 is 15.8 Å². The largest absolute Gasteiger partial charge is 0.573 e. The minimum absolute atomic E-state index is 0.